The molecule has 0 saturated heterocycles. The molecular formula is C31H57N3O14. The molecule has 0 aromatic carbocycles. The Balaban J connectivity index is 4.33. The van der Waals surface area contributed by atoms with Gasteiger partial charge in [0.05, 0.1) is 99.2 Å². The van der Waals surface area contributed by atoms with E-state index in [0.29, 0.717) is 65.4 Å². The Labute approximate surface area is 283 Å². The standard InChI is InChI=1S/C31H57N3O14/c1-31(2,3)48-30(40)33-11-6-5-7-25(29(39)32-12-16-45-20-24-47-22-18-43-14-9-27(36)37)34-26(35)8-13-42-17-21-46-23-19-44-15-10-28(38)41-4/h25H,5-24H2,1-4H3,(H,32,39)(H,33,40)(H,34,35)(H,36,37)/t25-/m0/s1. The van der Waals surface area contributed by atoms with E-state index in [4.69, 9.17) is 38.3 Å². The molecule has 17 heteroatoms. The number of nitrogens with one attached hydrogen (secondary N) is 3. The maximum Gasteiger partial charge on any atom is 0.407 e. The number of carbonyl (C=O) groups excluding carboxylic acids is 4. The molecule has 0 radical (unpaired) electrons. The fourth-order valence-electron chi connectivity index (χ4n) is 3.55. The molecule has 0 aliphatic heterocycles. The summed E-state index contributed by atoms with van der Waals surface area (Å²) in [7, 11) is 1.32. The number of hydrogen-bond donors (Lipinski definition) is 4. The third kappa shape index (κ3) is 31.5. The van der Waals surface area contributed by atoms with Gasteiger partial charge in [-0.1, -0.05) is 0 Å². The lowest BCUT2D eigenvalue weighted by Gasteiger charge is -2.20. The number of carboxylic acid groups (broad SMARTS) is 1. The summed E-state index contributed by atoms with van der Waals surface area (Å²) in [6.07, 6.45) is 1.14. The molecule has 0 aromatic rings. The number of unbranched alkanes of at least 4 members (excludes halogenated alkanes) is 1. The van der Waals surface area contributed by atoms with Crippen molar-refractivity contribution < 1.29 is 67.0 Å². The monoisotopic (exact) mass is 695 g/mol. The molecule has 17 nitrogen and oxygen atoms in total. The summed E-state index contributed by atoms with van der Waals surface area (Å²) in [5.41, 5.74) is -0.604. The second kappa shape index (κ2) is 30.0. The molecule has 48 heavy (non-hydrogen) atoms. The van der Waals surface area contributed by atoms with Crippen LogP contribution < -0.4 is 16.0 Å². The summed E-state index contributed by atoms with van der Waals surface area (Å²) in [4.78, 5) is 58.7. The Morgan fingerprint density at radius 2 is 1.12 bits per heavy atom. The zero-order valence-corrected chi connectivity index (χ0v) is 29.0. The number of carboxylic acids is 1. The number of amides is 3. The Hall–Kier alpha value is -3.09. The van der Waals surface area contributed by atoms with Gasteiger partial charge in [-0.05, 0) is 40.0 Å². The quantitative estimate of drug-likeness (QED) is 0.0584. The second-order valence-corrected chi connectivity index (χ2v) is 11.2. The zero-order chi connectivity index (χ0) is 35.9. The highest BCUT2D eigenvalue weighted by molar-refractivity contribution is 5.87. The van der Waals surface area contributed by atoms with E-state index in [9.17, 15) is 24.0 Å². The molecule has 0 heterocycles. The molecule has 1 atom stereocenters. The highest BCUT2D eigenvalue weighted by Gasteiger charge is 2.20. The molecule has 0 aliphatic rings. The fraction of sp³-hybridized carbons (Fsp3) is 0.839. The second-order valence-electron chi connectivity index (χ2n) is 11.2. The summed E-state index contributed by atoms with van der Waals surface area (Å²) in [6.45, 7) is 9.11. The van der Waals surface area contributed by atoms with Crippen LogP contribution >= 0.6 is 0 Å². The number of ether oxygens (including phenoxy) is 8. The lowest BCUT2D eigenvalue weighted by atomic mass is 10.1. The number of esters is 1. The lowest BCUT2D eigenvalue weighted by molar-refractivity contribution is -0.142. The van der Waals surface area contributed by atoms with Crippen LogP contribution in [0.3, 0.4) is 0 Å². The van der Waals surface area contributed by atoms with E-state index in [1.807, 2.05) is 0 Å². The van der Waals surface area contributed by atoms with Crippen molar-refractivity contribution in [1.82, 2.24) is 16.0 Å². The van der Waals surface area contributed by atoms with E-state index in [-0.39, 0.29) is 83.2 Å². The molecule has 280 valence electrons. The summed E-state index contributed by atoms with van der Waals surface area (Å²) < 4.78 is 41.7. The van der Waals surface area contributed by atoms with Crippen molar-refractivity contribution in [2.75, 3.05) is 99.5 Å². The van der Waals surface area contributed by atoms with Crippen molar-refractivity contribution >= 4 is 29.8 Å². The first-order chi connectivity index (χ1) is 22.9. The van der Waals surface area contributed by atoms with Crippen LogP contribution in [0.2, 0.25) is 0 Å². The van der Waals surface area contributed by atoms with Crippen molar-refractivity contribution in [3.05, 3.63) is 0 Å². The van der Waals surface area contributed by atoms with Gasteiger partial charge in [-0.15, -0.1) is 0 Å². The molecule has 0 unspecified atom stereocenters. The first-order valence-corrected chi connectivity index (χ1v) is 16.2. The smallest absolute Gasteiger partial charge is 0.407 e. The van der Waals surface area contributed by atoms with Gasteiger partial charge in [0.15, 0.2) is 0 Å². The van der Waals surface area contributed by atoms with Gasteiger partial charge < -0.3 is 59.0 Å². The SMILES string of the molecule is COC(=O)CCOCCOCCOCCC(=O)N[C@@H](CCCCNC(=O)OC(C)(C)C)C(=O)NCCOCCOCCOCCC(=O)O. The van der Waals surface area contributed by atoms with Crippen LogP contribution in [0.1, 0.15) is 59.3 Å². The fourth-order valence-corrected chi connectivity index (χ4v) is 3.55. The minimum Gasteiger partial charge on any atom is -0.481 e. The number of alkyl carbamates (subject to hydrolysis) is 1. The topological polar surface area (TPSA) is 216 Å². The Morgan fingerprint density at radius 1 is 0.625 bits per heavy atom. The maximum atomic E-state index is 12.9. The molecule has 0 saturated carbocycles. The maximum absolute atomic E-state index is 12.9. The number of aliphatic carboxylic acids is 1. The van der Waals surface area contributed by atoms with Crippen LogP contribution in [0.25, 0.3) is 0 Å². The first-order valence-electron chi connectivity index (χ1n) is 16.2. The van der Waals surface area contributed by atoms with E-state index in [1.54, 1.807) is 20.8 Å². The predicted octanol–water partition coefficient (Wildman–Crippen LogP) is 0.810. The van der Waals surface area contributed by atoms with Gasteiger partial charge in [0.1, 0.15) is 11.6 Å². The molecule has 0 aromatic heterocycles. The summed E-state index contributed by atoms with van der Waals surface area (Å²) >= 11 is 0. The molecular weight excluding hydrogens is 638 g/mol. The molecule has 3 amide bonds. The van der Waals surface area contributed by atoms with E-state index in [1.165, 1.54) is 7.11 Å². The van der Waals surface area contributed by atoms with E-state index >= 15 is 0 Å². The van der Waals surface area contributed by atoms with Crippen LogP contribution in [0.15, 0.2) is 0 Å². The van der Waals surface area contributed by atoms with Gasteiger partial charge in [-0.3, -0.25) is 19.2 Å². The molecule has 4 N–H and O–H groups in total. The van der Waals surface area contributed by atoms with E-state index in [0.717, 1.165) is 0 Å². The highest BCUT2D eigenvalue weighted by Crippen LogP contribution is 2.07. The normalized spacial score (nSPS) is 11.8. The average Bonchev–Trinajstić information content (AvgIpc) is 3.02. The van der Waals surface area contributed by atoms with Crippen LogP contribution in [0, 0.1) is 0 Å². The van der Waals surface area contributed by atoms with E-state index < -0.39 is 23.7 Å². The van der Waals surface area contributed by atoms with Crippen molar-refractivity contribution in [1.29, 1.82) is 0 Å². The number of hydrogen-bond acceptors (Lipinski definition) is 13. The summed E-state index contributed by atoms with van der Waals surface area (Å²) in [5.74, 6) is -1.96. The summed E-state index contributed by atoms with van der Waals surface area (Å²) in [6, 6.07) is -0.786. The highest BCUT2D eigenvalue weighted by atomic mass is 16.6. The van der Waals surface area contributed by atoms with Gasteiger partial charge in [-0.2, -0.15) is 0 Å². The molecule has 0 fully saturated rings. The zero-order valence-electron chi connectivity index (χ0n) is 29.0. The minimum absolute atomic E-state index is 0.0499. The third-order valence-corrected chi connectivity index (χ3v) is 5.89. The van der Waals surface area contributed by atoms with Gasteiger partial charge in [0.25, 0.3) is 0 Å². The van der Waals surface area contributed by atoms with Crippen molar-refractivity contribution in [3.63, 3.8) is 0 Å². The third-order valence-electron chi connectivity index (χ3n) is 5.89. The number of rotatable bonds is 31. The minimum atomic E-state index is -0.921. The largest absolute Gasteiger partial charge is 0.481 e. The van der Waals surface area contributed by atoms with Crippen LogP contribution in [0.4, 0.5) is 4.79 Å². The van der Waals surface area contributed by atoms with Gasteiger partial charge in [-0.25, -0.2) is 4.79 Å². The Kier molecular flexibility index (Phi) is 28.1. The summed E-state index contributed by atoms with van der Waals surface area (Å²) in [5, 5.41) is 16.8. The number of carbonyl (C=O) groups is 5. The molecule has 0 bridgehead atoms. The van der Waals surface area contributed by atoms with E-state index in [2.05, 4.69) is 20.7 Å². The lowest BCUT2D eigenvalue weighted by Crippen LogP contribution is -2.47. The van der Waals surface area contributed by atoms with Crippen LogP contribution in [-0.4, -0.2) is 146 Å². The Bertz CT molecular complexity index is 885. The van der Waals surface area contributed by atoms with Crippen molar-refractivity contribution in [3.8, 4) is 0 Å². The molecule has 0 rings (SSSR count). The van der Waals surface area contributed by atoms with Crippen LogP contribution in [-0.2, 0) is 57.1 Å². The van der Waals surface area contributed by atoms with Gasteiger partial charge in [0.2, 0.25) is 11.8 Å². The Morgan fingerprint density at radius 3 is 1.65 bits per heavy atom. The van der Waals surface area contributed by atoms with Crippen molar-refractivity contribution in [2.45, 2.75) is 70.9 Å². The molecule has 0 spiro atoms. The van der Waals surface area contributed by atoms with Gasteiger partial charge in [0, 0.05) is 19.5 Å². The number of methoxy groups -OCH3 is 1. The first kappa shape index (κ1) is 44.9. The average molecular weight is 696 g/mol. The van der Waals surface area contributed by atoms with Crippen LogP contribution in [0.5, 0.6) is 0 Å². The molecule has 0 aliphatic carbocycles. The predicted molar refractivity (Wildman–Crippen MR) is 171 cm³/mol. The van der Waals surface area contributed by atoms with Gasteiger partial charge >= 0.3 is 18.0 Å². The van der Waals surface area contributed by atoms with Crippen molar-refractivity contribution in [2.24, 2.45) is 0 Å².